The molecule has 2 rings (SSSR count). The van der Waals surface area contributed by atoms with Gasteiger partial charge in [-0.25, -0.2) is 0 Å². The van der Waals surface area contributed by atoms with Gasteiger partial charge in [0, 0.05) is 12.0 Å². The third kappa shape index (κ3) is 0.671. The van der Waals surface area contributed by atoms with Gasteiger partial charge in [0.15, 0.2) is 0 Å². The zero-order chi connectivity index (χ0) is 7.03. The topological polar surface area (TPSA) is 12.0 Å². The van der Waals surface area contributed by atoms with Gasteiger partial charge in [0.05, 0.1) is 0 Å². The Morgan fingerprint density at radius 3 is 3.30 bits per heavy atom. The standard InChI is InChI=1S/C9H15N/c1-2-9-5-3-4-8(9)6-10-7-9/h3,5,8,10H,2,4,6-7H2,1H3. The molecular weight excluding hydrogens is 122 g/mol. The van der Waals surface area contributed by atoms with E-state index in [1.807, 2.05) is 0 Å². The van der Waals surface area contributed by atoms with Crippen LogP contribution in [0.5, 0.6) is 0 Å². The first kappa shape index (κ1) is 6.41. The molecule has 1 saturated heterocycles. The van der Waals surface area contributed by atoms with Gasteiger partial charge in [0.1, 0.15) is 0 Å². The molecule has 1 heterocycles. The maximum Gasteiger partial charge on any atom is 0.00472 e. The van der Waals surface area contributed by atoms with Crippen LogP contribution >= 0.6 is 0 Å². The molecule has 1 nitrogen and oxygen atoms in total. The van der Waals surface area contributed by atoms with Crippen LogP contribution in [-0.4, -0.2) is 13.1 Å². The van der Waals surface area contributed by atoms with Crippen LogP contribution in [0.3, 0.4) is 0 Å². The van der Waals surface area contributed by atoms with Gasteiger partial charge in [-0.05, 0) is 25.3 Å². The second-order valence-electron chi connectivity index (χ2n) is 3.55. The van der Waals surface area contributed by atoms with Gasteiger partial charge in [-0.3, -0.25) is 0 Å². The SMILES string of the molecule is CCC12C=CCC1CNC2. The molecular formula is C9H15N. The lowest BCUT2D eigenvalue weighted by Crippen LogP contribution is -2.23. The van der Waals surface area contributed by atoms with E-state index in [9.17, 15) is 0 Å². The molecule has 0 amide bonds. The van der Waals surface area contributed by atoms with E-state index < -0.39 is 0 Å². The summed E-state index contributed by atoms with van der Waals surface area (Å²) in [6.45, 7) is 4.75. The van der Waals surface area contributed by atoms with Gasteiger partial charge in [0.2, 0.25) is 0 Å². The van der Waals surface area contributed by atoms with Crippen molar-refractivity contribution in [3.05, 3.63) is 12.2 Å². The van der Waals surface area contributed by atoms with Gasteiger partial charge in [0.25, 0.3) is 0 Å². The van der Waals surface area contributed by atoms with Crippen molar-refractivity contribution in [3.8, 4) is 0 Å². The Morgan fingerprint density at radius 1 is 1.70 bits per heavy atom. The van der Waals surface area contributed by atoms with Crippen molar-refractivity contribution in [3.63, 3.8) is 0 Å². The largest absolute Gasteiger partial charge is 0.316 e. The fourth-order valence-corrected chi connectivity index (χ4v) is 2.34. The Morgan fingerprint density at radius 2 is 2.60 bits per heavy atom. The molecule has 1 aliphatic heterocycles. The molecule has 0 aromatic carbocycles. The van der Waals surface area contributed by atoms with Gasteiger partial charge in [-0.15, -0.1) is 0 Å². The number of hydrogen-bond donors (Lipinski definition) is 1. The van der Waals surface area contributed by atoms with E-state index in [0.29, 0.717) is 5.41 Å². The number of fused-ring (bicyclic) bond motifs is 1. The predicted molar refractivity (Wildman–Crippen MR) is 42.8 cm³/mol. The van der Waals surface area contributed by atoms with E-state index in [4.69, 9.17) is 0 Å². The molecule has 0 aromatic heterocycles. The highest BCUT2D eigenvalue weighted by Crippen LogP contribution is 2.42. The Hall–Kier alpha value is -0.300. The van der Waals surface area contributed by atoms with E-state index in [0.717, 1.165) is 5.92 Å². The van der Waals surface area contributed by atoms with E-state index >= 15 is 0 Å². The lowest BCUT2D eigenvalue weighted by Gasteiger charge is -2.24. The summed E-state index contributed by atoms with van der Waals surface area (Å²) < 4.78 is 0. The monoisotopic (exact) mass is 137 g/mol. The Kier molecular flexibility index (Phi) is 1.34. The third-order valence-electron chi connectivity index (χ3n) is 3.19. The molecule has 1 fully saturated rings. The minimum absolute atomic E-state index is 0.556. The summed E-state index contributed by atoms with van der Waals surface area (Å²) in [6, 6.07) is 0. The summed E-state index contributed by atoms with van der Waals surface area (Å²) in [5.41, 5.74) is 0.556. The van der Waals surface area contributed by atoms with E-state index in [2.05, 4.69) is 24.4 Å². The van der Waals surface area contributed by atoms with E-state index in [-0.39, 0.29) is 0 Å². The van der Waals surface area contributed by atoms with Crippen molar-refractivity contribution in [2.45, 2.75) is 19.8 Å². The second-order valence-corrected chi connectivity index (χ2v) is 3.55. The summed E-state index contributed by atoms with van der Waals surface area (Å²) in [6.07, 6.45) is 7.40. The average Bonchev–Trinajstić information content (AvgIpc) is 2.42. The van der Waals surface area contributed by atoms with E-state index in [1.165, 1.54) is 25.9 Å². The van der Waals surface area contributed by atoms with Crippen molar-refractivity contribution in [1.82, 2.24) is 5.32 Å². The van der Waals surface area contributed by atoms with Crippen LogP contribution in [0.2, 0.25) is 0 Å². The molecule has 1 heteroatoms. The number of nitrogens with one attached hydrogen (secondary N) is 1. The Labute approximate surface area is 62.5 Å². The van der Waals surface area contributed by atoms with Crippen LogP contribution in [0.4, 0.5) is 0 Å². The lowest BCUT2D eigenvalue weighted by atomic mass is 9.79. The van der Waals surface area contributed by atoms with Gasteiger partial charge >= 0.3 is 0 Å². The van der Waals surface area contributed by atoms with Crippen LogP contribution in [0.15, 0.2) is 12.2 Å². The van der Waals surface area contributed by atoms with Crippen LogP contribution in [0.1, 0.15) is 19.8 Å². The summed E-state index contributed by atoms with van der Waals surface area (Å²) in [5, 5.41) is 3.46. The Bertz CT molecular complexity index is 162. The summed E-state index contributed by atoms with van der Waals surface area (Å²) in [7, 11) is 0. The highest BCUT2D eigenvalue weighted by molar-refractivity contribution is 5.14. The predicted octanol–water partition coefficient (Wildman–Crippen LogP) is 1.56. The van der Waals surface area contributed by atoms with Crippen LogP contribution in [0, 0.1) is 11.3 Å². The molecule has 0 aromatic rings. The summed E-state index contributed by atoms with van der Waals surface area (Å²) in [5.74, 6) is 0.914. The maximum atomic E-state index is 3.46. The van der Waals surface area contributed by atoms with Gasteiger partial charge < -0.3 is 5.32 Å². The van der Waals surface area contributed by atoms with Crippen LogP contribution in [-0.2, 0) is 0 Å². The van der Waals surface area contributed by atoms with Crippen LogP contribution in [0.25, 0.3) is 0 Å². The third-order valence-corrected chi connectivity index (χ3v) is 3.19. The van der Waals surface area contributed by atoms with Crippen molar-refractivity contribution < 1.29 is 0 Å². The quantitative estimate of drug-likeness (QED) is 0.541. The van der Waals surface area contributed by atoms with Crippen LogP contribution < -0.4 is 5.32 Å². The molecule has 2 atom stereocenters. The summed E-state index contributed by atoms with van der Waals surface area (Å²) >= 11 is 0. The molecule has 10 heavy (non-hydrogen) atoms. The highest BCUT2D eigenvalue weighted by Gasteiger charge is 2.41. The minimum atomic E-state index is 0.556. The second kappa shape index (κ2) is 2.09. The van der Waals surface area contributed by atoms with Crippen molar-refractivity contribution in [2.75, 3.05) is 13.1 Å². The summed E-state index contributed by atoms with van der Waals surface area (Å²) in [4.78, 5) is 0. The molecule has 0 radical (unpaired) electrons. The first-order valence-corrected chi connectivity index (χ1v) is 4.26. The lowest BCUT2D eigenvalue weighted by molar-refractivity contribution is 0.317. The zero-order valence-electron chi connectivity index (χ0n) is 6.56. The smallest absolute Gasteiger partial charge is 0.00472 e. The molecule has 1 N–H and O–H groups in total. The molecule has 0 bridgehead atoms. The minimum Gasteiger partial charge on any atom is -0.316 e. The number of hydrogen-bond acceptors (Lipinski definition) is 1. The highest BCUT2D eigenvalue weighted by atomic mass is 14.9. The van der Waals surface area contributed by atoms with Crippen molar-refractivity contribution in [2.24, 2.45) is 11.3 Å². The average molecular weight is 137 g/mol. The van der Waals surface area contributed by atoms with Gasteiger partial charge in [-0.2, -0.15) is 0 Å². The Balaban J connectivity index is 2.23. The number of allylic oxidation sites excluding steroid dienone is 1. The molecule has 0 saturated carbocycles. The first-order chi connectivity index (χ1) is 4.87. The molecule has 1 aliphatic carbocycles. The van der Waals surface area contributed by atoms with Crippen molar-refractivity contribution in [1.29, 1.82) is 0 Å². The maximum absolute atomic E-state index is 3.46. The fourth-order valence-electron chi connectivity index (χ4n) is 2.34. The molecule has 56 valence electrons. The van der Waals surface area contributed by atoms with Gasteiger partial charge in [-0.1, -0.05) is 19.1 Å². The molecule has 2 unspecified atom stereocenters. The zero-order valence-corrected chi connectivity index (χ0v) is 6.56. The fraction of sp³-hybridized carbons (Fsp3) is 0.778. The van der Waals surface area contributed by atoms with E-state index in [1.54, 1.807) is 0 Å². The first-order valence-electron chi connectivity index (χ1n) is 4.26. The number of rotatable bonds is 1. The molecule has 2 aliphatic rings. The normalized spacial score (nSPS) is 44.3. The molecule has 0 spiro atoms. The van der Waals surface area contributed by atoms with Crippen molar-refractivity contribution >= 4 is 0 Å².